The van der Waals surface area contributed by atoms with Gasteiger partial charge in [-0.1, -0.05) is 31.5 Å². The van der Waals surface area contributed by atoms with E-state index in [0.29, 0.717) is 11.8 Å². The van der Waals surface area contributed by atoms with E-state index in [1.807, 2.05) is 45.0 Å². The lowest BCUT2D eigenvalue weighted by molar-refractivity contribution is -0.124. The Kier molecular flexibility index (Phi) is 3.94. The second kappa shape index (κ2) is 5.65. The Morgan fingerprint density at radius 3 is 2.84 bits per heavy atom. The van der Waals surface area contributed by atoms with Crippen molar-refractivity contribution in [1.29, 1.82) is 0 Å². The summed E-state index contributed by atoms with van der Waals surface area (Å²) >= 11 is 0. The van der Waals surface area contributed by atoms with Crippen molar-refractivity contribution in [2.45, 2.75) is 27.3 Å². The van der Waals surface area contributed by atoms with Crippen LogP contribution in [0.5, 0.6) is 0 Å². The van der Waals surface area contributed by atoms with Crippen LogP contribution < -0.4 is 5.32 Å². The Bertz CT molecular complexity index is 576. The van der Waals surface area contributed by atoms with Gasteiger partial charge in [-0.15, -0.1) is 10.2 Å². The molecule has 19 heavy (non-hydrogen) atoms. The quantitative estimate of drug-likeness (QED) is 0.914. The molecule has 0 unspecified atom stereocenters. The van der Waals surface area contributed by atoms with Gasteiger partial charge in [-0.25, -0.2) is 0 Å². The van der Waals surface area contributed by atoms with Gasteiger partial charge in [-0.2, -0.15) is 0 Å². The van der Waals surface area contributed by atoms with E-state index in [4.69, 9.17) is 4.42 Å². The van der Waals surface area contributed by atoms with E-state index >= 15 is 0 Å². The van der Waals surface area contributed by atoms with Crippen molar-refractivity contribution in [3.05, 3.63) is 35.7 Å². The largest absolute Gasteiger partial charge is 0.419 e. The fraction of sp³-hybridized carbons (Fsp3) is 0.357. The predicted octanol–water partition coefficient (Wildman–Crippen LogP) is 2.32. The van der Waals surface area contributed by atoms with Gasteiger partial charge in [0, 0.05) is 11.5 Å². The average molecular weight is 259 g/mol. The predicted molar refractivity (Wildman–Crippen MR) is 71.2 cm³/mol. The zero-order chi connectivity index (χ0) is 13.8. The molecule has 2 aromatic rings. The summed E-state index contributed by atoms with van der Waals surface area (Å²) in [7, 11) is 0. The molecule has 5 heteroatoms. The maximum absolute atomic E-state index is 11.4. The van der Waals surface area contributed by atoms with Gasteiger partial charge in [-0.3, -0.25) is 4.79 Å². The number of carbonyl (C=O) groups excluding carboxylic acids is 1. The van der Waals surface area contributed by atoms with E-state index < -0.39 is 0 Å². The lowest BCUT2D eigenvalue weighted by Gasteiger charge is -2.04. The Balaban J connectivity index is 2.05. The number of carbonyl (C=O) groups is 1. The van der Waals surface area contributed by atoms with Crippen LogP contribution in [0.3, 0.4) is 0 Å². The molecule has 1 N–H and O–H groups in total. The smallest absolute Gasteiger partial charge is 0.247 e. The summed E-state index contributed by atoms with van der Waals surface area (Å²) in [6, 6.07) is 7.83. The van der Waals surface area contributed by atoms with Gasteiger partial charge in [0.15, 0.2) is 0 Å². The summed E-state index contributed by atoms with van der Waals surface area (Å²) in [4.78, 5) is 11.4. The molecular formula is C14H17N3O2. The maximum atomic E-state index is 11.4. The van der Waals surface area contributed by atoms with E-state index in [1.54, 1.807) is 0 Å². The molecular weight excluding hydrogens is 242 g/mol. The van der Waals surface area contributed by atoms with Crippen molar-refractivity contribution in [2.24, 2.45) is 5.92 Å². The van der Waals surface area contributed by atoms with Gasteiger partial charge in [0.05, 0.1) is 6.54 Å². The second-order valence-electron chi connectivity index (χ2n) is 4.74. The third-order valence-electron chi connectivity index (χ3n) is 2.67. The number of rotatable bonds is 4. The zero-order valence-electron chi connectivity index (χ0n) is 11.3. The molecule has 5 nitrogen and oxygen atoms in total. The molecule has 0 aliphatic carbocycles. The van der Waals surface area contributed by atoms with Gasteiger partial charge >= 0.3 is 0 Å². The number of benzene rings is 1. The minimum atomic E-state index is -0.0563. The van der Waals surface area contributed by atoms with Crippen LogP contribution >= 0.6 is 0 Å². The molecule has 0 bridgehead atoms. The van der Waals surface area contributed by atoms with E-state index in [1.165, 1.54) is 0 Å². The number of nitrogens with zero attached hydrogens (tertiary/aromatic N) is 2. The SMILES string of the molecule is Cc1cccc(-c2nnc(CNC(=O)C(C)C)o2)c1. The first-order valence-corrected chi connectivity index (χ1v) is 6.23. The highest BCUT2D eigenvalue weighted by Gasteiger charge is 2.11. The fourth-order valence-corrected chi connectivity index (χ4v) is 1.59. The van der Waals surface area contributed by atoms with Crippen LogP contribution in [0.15, 0.2) is 28.7 Å². The highest BCUT2D eigenvalue weighted by Crippen LogP contribution is 2.18. The summed E-state index contributed by atoms with van der Waals surface area (Å²) in [6.07, 6.45) is 0. The first-order valence-electron chi connectivity index (χ1n) is 6.23. The van der Waals surface area contributed by atoms with E-state index in [2.05, 4.69) is 15.5 Å². The number of amides is 1. The molecule has 0 radical (unpaired) electrons. The Labute approximate surface area is 112 Å². The fourth-order valence-electron chi connectivity index (χ4n) is 1.59. The van der Waals surface area contributed by atoms with Gasteiger partial charge in [-0.05, 0) is 19.1 Å². The molecule has 0 aliphatic heterocycles. The monoisotopic (exact) mass is 259 g/mol. The minimum absolute atomic E-state index is 0.0321. The molecule has 0 atom stereocenters. The first kappa shape index (κ1) is 13.3. The van der Waals surface area contributed by atoms with Gasteiger partial charge < -0.3 is 9.73 Å². The first-order chi connectivity index (χ1) is 9.06. The van der Waals surface area contributed by atoms with Crippen LogP contribution in [0.4, 0.5) is 0 Å². The summed E-state index contributed by atoms with van der Waals surface area (Å²) in [5, 5.41) is 10.6. The molecule has 1 aromatic carbocycles. The van der Waals surface area contributed by atoms with Crippen molar-refractivity contribution in [3.8, 4) is 11.5 Å². The molecule has 100 valence electrons. The van der Waals surface area contributed by atoms with E-state index in [9.17, 15) is 4.79 Å². The second-order valence-corrected chi connectivity index (χ2v) is 4.74. The molecule has 1 amide bonds. The number of hydrogen-bond acceptors (Lipinski definition) is 4. The van der Waals surface area contributed by atoms with Crippen molar-refractivity contribution < 1.29 is 9.21 Å². The Morgan fingerprint density at radius 1 is 1.37 bits per heavy atom. The number of nitrogens with one attached hydrogen (secondary N) is 1. The maximum Gasteiger partial charge on any atom is 0.247 e. The van der Waals surface area contributed by atoms with Crippen molar-refractivity contribution in [1.82, 2.24) is 15.5 Å². The molecule has 1 heterocycles. The van der Waals surface area contributed by atoms with Crippen LogP contribution in [0, 0.1) is 12.8 Å². The van der Waals surface area contributed by atoms with Crippen LogP contribution in [-0.4, -0.2) is 16.1 Å². The normalized spacial score (nSPS) is 10.7. The molecule has 1 aromatic heterocycles. The topological polar surface area (TPSA) is 68.0 Å². The Morgan fingerprint density at radius 2 is 2.16 bits per heavy atom. The zero-order valence-corrected chi connectivity index (χ0v) is 11.3. The summed E-state index contributed by atoms with van der Waals surface area (Å²) < 4.78 is 5.52. The van der Waals surface area contributed by atoms with Crippen molar-refractivity contribution >= 4 is 5.91 Å². The van der Waals surface area contributed by atoms with Crippen LogP contribution in [0.1, 0.15) is 25.3 Å². The van der Waals surface area contributed by atoms with Gasteiger partial charge in [0.2, 0.25) is 17.7 Å². The lowest BCUT2D eigenvalue weighted by Crippen LogP contribution is -2.27. The summed E-state index contributed by atoms with van der Waals surface area (Å²) in [6.45, 7) is 5.93. The molecule has 0 saturated heterocycles. The minimum Gasteiger partial charge on any atom is -0.419 e. The van der Waals surface area contributed by atoms with E-state index in [-0.39, 0.29) is 18.4 Å². The molecule has 0 spiro atoms. The van der Waals surface area contributed by atoms with Crippen molar-refractivity contribution in [3.63, 3.8) is 0 Å². The Hall–Kier alpha value is -2.17. The molecule has 2 rings (SSSR count). The highest BCUT2D eigenvalue weighted by molar-refractivity contribution is 5.77. The van der Waals surface area contributed by atoms with Crippen LogP contribution in [-0.2, 0) is 11.3 Å². The highest BCUT2D eigenvalue weighted by atomic mass is 16.4. The third kappa shape index (κ3) is 3.40. The van der Waals surface area contributed by atoms with Crippen LogP contribution in [0.2, 0.25) is 0 Å². The molecule has 0 aliphatic rings. The third-order valence-corrected chi connectivity index (χ3v) is 2.67. The van der Waals surface area contributed by atoms with Crippen LogP contribution in [0.25, 0.3) is 11.5 Å². The van der Waals surface area contributed by atoms with Gasteiger partial charge in [0.1, 0.15) is 0 Å². The number of aryl methyl sites for hydroxylation is 1. The molecule has 0 saturated carbocycles. The molecule has 0 fully saturated rings. The summed E-state index contributed by atoms with van der Waals surface area (Å²) in [5.74, 6) is 0.789. The van der Waals surface area contributed by atoms with Crippen molar-refractivity contribution in [2.75, 3.05) is 0 Å². The van der Waals surface area contributed by atoms with Gasteiger partial charge in [0.25, 0.3) is 0 Å². The standard InChI is InChI=1S/C14H17N3O2/c1-9(2)13(18)15-8-12-16-17-14(19-12)11-6-4-5-10(3)7-11/h4-7,9H,8H2,1-3H3,(H,15,18). The van der Waals surface area contributed by atoms with E-state index in [0.717, 1.165) is 11.1 Å². The average Bonchev–Trinajstić information content (AvgIpc) is 2.84. The summed E-state index contributed by atoms with van der Waals surface area (Å²) in [5.41, 5.74) is 2.01. The number of aromatic nitrogens is 2. The lowest BCUT2D eigenvalue weighted by atomic mass is 10.1. The number of hydrogen-bond donors (Lipinski definition) is 1.